The minimum atomic E-state index is -2.65. The molecule has 3 N–H and O–H groups in total. The third-order valence-electron chi connectivity index (χ3n) is 6.24. The number of fused-ring (bicyclic) bond motifs is 1. The SMILES string of the molecule is COc1cc(C(=O)NCC(F)F)ccc1Nc1nc2ccc(-c3ccc(NC(=O)Cc4ccc(F)cc4)cc3)cn2n1. The van der Waals surface area contributed by atoms with Gasteiger partial charge in [0.05, 0.1) is 25.8 Å². The van der Waals surface area contributed by atoms with E-state index in [1.54, 1.807) is 40.9 Å². The molecule has 12 heteroatoms. The van der Waals surface area contributed by atoms with Crippen LogP contribution in [0.15, 0.2) is 85.1 Å². The summed E-state index contributed by atoms with van der Waals surface area (Å²) in [4.78, 5) is 28.9. The number of methoxy groups -OCH3 is 1. The predicted octanol–water partition coefficient (Wildman–Crippen LogP) is 5.46. The maximum absolute atomic E-state index is 13.1. The van der Waals surface area contributed by atoms with Crippen molar-refractivity contribution < 1.29 is 27.5 Å². The monoisotopic (exact) mass is 574 g/mol. The highest BCUT2D eigenvalue weighted by molar-refractivity contribution is 5.95. The van der Waals surface area contributed by atoms with Gasteiger partial charge in [-0.15, -0.1) is 5.10 Å². The Morgan fingerprint density at radius 1 is 0.952 bits per heavy atom. The Labute approximate surface area is 238 Å². The smallest absolute Gasteiger partial charge is 0.255 e. The molecule has 2 aromatic heterocycles. The molecule has 0 saturated carbocycles. The fourth-order valence-electron chi connectivity index (χ4n) is 4.17. The van der Waals surface area contributed by atoms with Gasteiger partial charge in [0, 0.05) is 23.0 Å². The number of alkyl halides is 2. The number of amides is 2. The zero-order chi connectivity index (χ0) is 29.6. The summed E-state index contributed by atoms with van der Waals surface area (Å²) in [6, 6.07) is 21.3. The van der Waals surface area contributed by atoms with E-state index in [4.69, 9.17) is 4.74 Å². The van der Waals surface area contributed by atoms with E-state index < -0.39 is 18.9 Å². The summed E-state index contributed by atoms with van der Waals surface area (Å²) in [6.45, 7) is -0.742. The van der Waals surface area contributed by atoms with Gasteiger partial charge in [-0.25, -0.2) is 17.7 Å². The molecule has 0 aliphatic rings. The first-order valence-electron chi connectivity index (χ1n) is 12.8. The molecule has 2 amide bonds. The highest BCUT2D eigenvalue weighted by Crippen LogP contribution is 2.28. The average Bonchev–Trinajstić information content (AvgIpc) is 3.39. The molecule has 0 aliphatic heterocycles. The first-order chi connectivity index (χ1) is 20.3. The molecule has 214 valence electrons. The Morgan fingerprint density at radius 3 is 2.40 bits per heavy atom. The predicted molar refractivity (Wildman–Crippen MR) is 152 cm³/mol. The molecule has 5 aromatic rings. The lowest BCUT2D eigenvalue weighted by Crippen LogP contribution is -2.28. The molecule has 0 aliphatic carbocycles. The van der Waals surface area contributed by atoms with E-state index in [9.17, 15) is 22.8 Å². The number of halogens is 3. The Hall–Kier alpha value is -5.39. The first kappa shape index (κ1) is 28.1. The van der Waals surface area contributed by atoms with E-state index >= 15 is 0 Å². The Balaban J connectivity index is 1.26. The molecular formula is C30H25F3N6O3. The van der Waals surface area contributed by atoms with Crippen molar-refractivity contribution >= 4 is 34.8 Å². The van der Waals surface area contributed by atoms with Crippen LogP contribution in [0, 0.1) is 5.82 Å². The number of nitrogens with one attached hydrogen (secondary N) is 3. The van der Waals surface area contributed by atoms with Crippen molar-refractivity contribution in [3.8, 4) is 16.9 Å². The van der Waals surface area contributed by atoms with Gasteiger partial charge in [-0.2, -0.15) is 4.98 Å². The van der Waals surface area contributed by atoms with Gasteiger partial charge >= 0.3 is 0 Å². The molecule has 0 atom stereocenters. The third kappa shape index (κ3) is 6.84. The zero-order valence-corrected chi connectivity index (χ0v) is 22.3. The number of benzene rings is 3. The van der Waals surface area contributed by atoms with E-state index in [1.165, 1.54) is 31.4 Å². The fraction of sp³-hybridized carbons (Fsp3) is 0.133. The molecule has 2 heterocycles. The first-order valence-corrected chi connectivity index (χ1v) is 12.8. The van der Waals surface area contributed by atoms with E-state index in [0.717, 1.165) is 11.1 Å². The van der Waals surface area contributed by atoms with Crippen LogP contribution in [0.2, 0.25) is 0 Å². The van der Waals surface area contributed by atoms with Crippen LogP contribution in [-0.4, -0.2) is 46.5 Å². The van der Waals surface area contributed by atoms with Crippen molar-refractivity contribution in [2.24, 2.45) is 0 Å². The minimum Gasteiger partial charge on any atom is -0.495 e. The normalized spacial score (nSPS) is 11.0. The molecule has 0 radical (unpaired) electrons. The number of rotatable bonds is 10. The Kier molecular flexibility index (Phi) is 8.32. The Bertz CT molecular complexity index is 1720. The van der Waals surface area contributed by atoms with Crippen LogP contribution in [0.4, 0.5) is 30.5 Å². The molecule has 5 rings (SSSR count). The lowest BCUT2D eigenvalue weighted by atomic mass is 10.1. The summed E-state index contributed by atoms with van der Waals surface area (Å²) in [5.74, 6) is -0.612. The van der Waals surface area contributed by atoms with Crippen LogP contribution in [0.25, 0.3) is 16.8 Å². The molecule has 0 unspecified atom stereocenters. The number of hydrogen-bond donors (Lipinski definition) is 3. The molecule has 0 saturated heterocycles. The number of carbonyl (C=O) groups excluding carboxylic acids is 2. The molecule has 3 aromatic carbocycles. The molecule has 9 nitrogen and oxygen atoms in total. The van der Waals surface area contributed by atoms with Gasteiger partial charge in [0.1, 0.15) is 11.6 Å². The van der Waals surface area contributed by atoms with Crippen molar-refractivity contribution in [3.63, 3.8) is 0 Å². The second-order valence-electron chi connectivity index (χ2n) is 9.23. The van der Waals surface area contributed by atoms with Crippen molar-refractivity contribution in [3.05, 3.63) is 102 Å². The average molecular weight is 575 g/mol. The molecule has 42 heavy (non-hydrogen) atoms. The summed E-state index contributed by atoms with van der Waals surface area (Å²) >= 11 is 0. The standard InChI is InChI=1S/C30H25F3N6O3/c1-42-25-15-20(29(41)34-16-26(32)33)6-12-24(25)36-30-37-27-13-7-21(17-39(27)38-30)19-4-10-23(11-5-19)35-28(40)14-18-2-8-22(31)9-3-18/h2-13,15,17,26H,14,16H2,1H3,(H,34,41)(H,35,40)(H,36,38). The van der Waals surface area contributed by atoms with Gasteiger partial charge in [0.2, 0.25) is 11.9 Å². The quantitative estimate of drug-likeness (QED) is 0.204. The van der Waals surface area contributed by atoms with Crippen LogP contribution in [-0.2, 0) is 11.2 Å². The van der Waals surface area contributed by atoms with Gasteiger partial charge in [-0.3, -0.25) is 9.59 Å². The van der Waals surface area contributed by atoms with Crippen LogP contribution < -0.4 is 20.7 Å². The maximum Gasteiger partial charge on any atom is 0.255 e. The Morgan fingerprint density at radius 2 is 1.69 bits per heavy atom. The van der Waals surface area contributed by atoms with E-state index in [-0.39, 0.29) is 29.7 Å². The molecular weight excluding hydrogens is 549 g/mol. The van der Waals surface area contributed by atoms with Gasteiger partial charge in [0.25, 0.3) is 12.3 Å². The van der Waals surface area contributed by atoms with Crippen LogP contribution in [0.5, 0.6) is 5.75 Å². The summed E-state index contributed by atoms with van der Waals surface area (Å²) in [6.07, 6.45) is -0.706. The summed E-state index contributed by atoms with van der Waals surface area (Å²) in [7, 11) is 1.42. The number of aromatic nitrogens is 3. The van der Waals surface area contributed by atoms with Crippen LogP contribution >= 0.6 is 0 Å². The van der Waals surface area contributed by atoms with Gasteiger partial charge in [-0.1, -0.05) is 24.3 Å². The second-order valence-corrected chi connectivity index (χ2v) is 9.23. The third-order valence-corrected chi connectivity index (χ3v) is 6.24. The zero-order valence-electron chi connectivity index (χ0n) is 22.3. The number of nitrogens with zero attached hydrogens (tertiary/aromatic N) is 3. The van der Waals surface area contributed by atoms with Crippen molar-refractivity contribution in [1.29, 1.82) is 0 Å². The number of anilines is 3. The second kappa shape index (κ2) is 12.4. The molecule has 0 bridgehead atoms. The van der Waals surface area contributed by atoms with E-state index in [1.807, 2.05) is 24.4 Å². The minimum absolute atomic E-state index is 0.133. The molecule has 0 fully saturated rings. The van der Waals surface area contributed by atoms with E-state index in [2.05, 4.69) is 26.0 Å². The topological polar surface area (TPSA) is 110 Å². The van der Waals surface area contributed by atoms with Crippen molar-refractivity contribution in [1.82, 2.24) is 19.9 Å². The summed E-state index contributed by atoms with van der Waals surface area (Å²) < 4.78 is 44.9. The highest BCUT2D eigenvalue weighted by Gasteiger charge is 2.14. The lowest BCUT2D eigenvalue weighted by Gasteiger charge is -2.11. The number of pyridine rings is 1. The van der Waals surface area contributed by atoms with Crippen LogP contribution in [0.1, 0.15) is 15.9 Å². The summed E-state index contributed by atoms with van der Waals surface area (Å²) in [5.41, 5.74) is 4.32. The van der Waals surface area contributed by atoms with E-state index in [0.29, 0.717) is 28.3 Å². The fourth-order valence-corrected chi connectivity index (χ4v) is 4.17. The van der Waals surface area contributed by atoms with Gasteiger partial charge in [-0.05, 0) is 65.7 Å². The summed E-state index contributed by atoms with van der Waals surface area (Å²) in [5, 5.41) is 12.5. The maximum atomic E-state index is 13.1. The van der Waals surface area contributed by atoms with Gasteiger partial charge < -0.3 is 20.7 Å². The highest BCUT2D eigenvalue weighted by atomic mass is 19.3. The lowest BCUT2D eigenvalue weighted by molar-refractivity contribution is -0.115. The van der Waals surface area contributed by atoms with Gasteiger partial charge in [0.15, 0.2) is 5.65 Å². The largest absolute Gasteiger partial charge is 0.495 e. The number of ether oxygens (including phenoxy) is 1. The number of carbonyl (C=O) groups is 2. The van der Waals surface area contributed by atoms with Crippen molar-refractivity contribution in [2.45, 2.75) is 12.8 Å². The molecule has 0 spiro atoms. The van der Waals surface area contributed by atoms with Crippen LogP contribution in [0.3, 0.4) is 0 Å². The van der Waals surface area contributed by atoms with Crippen molar-refractivity contribution in [2.75, 3.05) is 24.3 Å². The number of hydrogen-bond acceptors (Lipinski definition) is 6.